The number of rotatable bonds is 7. The largest absolute Gasteiger partial charge is 0.388 e. The van der Waals surface area contributed by atoms with Crippen LogP contribution in [0, 0.1) is 5.92 Å². The molecule has 5 heteroatoms. The summed E-state index contributed by atoms with van der Waals surface area (Å²) in [5.41, 5.74) is 0.246. The zero-order valence-electron chi connectivity index (χ0n) is 11.9. The number of urea groups is 1. The van der Waals surface area contributed by atoms with Crippen molar-refractivity contribution < 1.29 is 9.90 Å². The maximum absolute atomic E-state index is 11.6. The van der Waals surface area contributed by atoms with E-state index in [-0.39, 0.29) is 12.6 Å². The molecule has 108 valence electrons. The number of aliphatic hydroxyl groups is 1. The van der Waals surface area contributed by atoms with Crippen molar-refractivity contribution in [3.8, 4) is 0 Å². The molecule has 0 spiro atoms. The summed E-state index contributed by atoms with van der Waals surface area (Å²) in [4.78, 5) is 11.6. The molecule has 1 aromatic rings. The Bertz CT molecular complexity index is 375. The van der Waals surface area contributed by atoms with Gasteiger partial charge in [0.2, 0.25) is 0 Å². The molecule has 19 heavy (non-hydrogen) atoms. The standard InChI is InChI=1S/C14H24N2O2S/c1-11(2)4-6-14(3,18)10-16-13(17)15-8-12-5-7-19-9-12/h5,7,9,11,18H,4,6,8,10H2,1-3H3,(H2,15,16,17). The maximum atomic E-state index is 11.6. The molecular formula is C14H24N2O2S. The Morgan fingerprint density at radius 3 is 2.79 bits per heavy atom. The van der Waals surface area contributed by atoms with Gasteiger partial charge in [-0.25, -0.2) is 4.79 Å². The zero-order valence-corrected chi connectivity index (χ0v) is 12.7. The van der Waals surface area contributed by atoms with E-state index >= 15 is 0 Å². The third-order valence-electron chi connectivity index (χ3n) is 2.92. The summed E-state index contributed by atoms with van der Waals surface area (Å²) in [6, 6.07) is 1.74. The Morgan fingerprint density at radius 2 is 2.21 bits per heavy atom. The fraction of sp³-hybridized carbons (Fsp3) is 0.643. The summed E-state index contributed by atoms with van der Waals surface area (Å²) in [5.74, 6) is 0.555. The third kappa shape index (κ3) is 7.18. The monoisotopic (exact) mass is 284 g/mol. The zero-order chi connectivity index (χ0) is 14.3. The molecule has 1 atom stereocenters. The van der Waals surface area contributed by atoms with Crippen LogP contribution in [0.1, 0.15) is 39.2 Å². The summed E-state index contributed by atoms with van der Waals surface area (Å²) >= 11 is 1.61. The van der Waals surface area contributed by atoms with E-state index in [1.807, 2.05) is 16.8 Å². The van der Waals surface area contributed by atoms with Gasteiger partial charge in [0.05, 0.1) is 5.60 Å². The summed E-state index contributed by atoms with van der Waals surface area (Å²) in [6.45, 7) is 6.79. The molecule has 0 aliphatic carbocycles. The normalized spacial score (nSPS) is 14.2. The minimum absolute atomic E-state index is 0.240. The second-order valence-electron chi connectivity index (χ2n) is 5.60. The van der Waals surface area contributed by atoms with Crippen molar-refractivity contribution in [2.24, 2.45) is 5.92 Å². The highest BCUT2D eigenvalue weighted by Crippen LogP contribution is 2.15. The number of carbonyl (C=O) groups is 1. The van der Waals surface area contributed by atoms with Crippen LogP contribution in [0.4, 0.5) is 4.79 Å². The van der Waals surface area contributed by atoms with Crippen LogP contribution in [0.5, 0.6) is 0 Å². The van der Waals surface area contributed by atoms with Crippen LogP contribution in [0.15, 0.2) is 16.8 Å². The number of hydrogen-bond acceptors (Lipinski definition) is 3. The Hall–Kier alpha value is -1.07. The Morgan fingerprint density at radius 1 is 1.47 bits per heavy atom. The predicted molar refractivity (Wildman–Crippen MR) is 79.3 cm³/mol. The molecule has 0 saturated carbocycles. The lowest BCUT2D eigenvalue weighted by Gasteiger charge is -2.24. The van der Waals surface area contributed by atoms with Gasteiger partial charge in [-0.05, 0) is 48.1 Å². The Labute approximate surface area is 119 Å². The highest BCUT2D eigenvalue weighted by atomic mass is 32.1. The number of carbonyl (C=O) groups excluding carboxylic acids is 1. The lowest BCUT2D eigenvalue weighted by atomic mass is 9.95. The molecule has 1 rings (SSSR count). The SMILES string of the molecule is CC(C)CCC(C)(O)CNC(=O)NCc1ccsc1. The van der Waals surface area contributed by atoms with Crippen molar-refractivity contribution in [2.45, 2.75) is 45.8 Å². The molecule has 0 aliphatic heterocycles. The molecule has 4 nitrogen and oxygen atoms in total. The van der Waals surface area contributed by atoms with Crippen molar-refractivity contribution >= 4 is 17.4 Å². The number of nitrogens with one attached hydrogen (secondary N) is 2. The molecule has 1 aromatic heterocycles. The van der Waals surface area contributed by atoms with Gasteiger partial charge in [0.15, 0.2) is 0 Å². The van der Waals surface area contributed by atoms with Crippen molar-refractivity contribution in [1.82, 2.24) is 10.6 Å². The summed E-state index contributed by atoms with van der Waals surface area (Å²) in [5, 5.41) is 19.6. The van der Waals surface area contributed by atoms with Crippen molar-refractivity contribution in [3.63, 3.8) is 0 Å². The average Bonchev–Trinajstić information content (AvgIpc) is 2.85. The maximum Gasteiger partial charge on any atom is 0.315 e. The first-order chi connectivity index (χ1) is 8.89. The second kappa shape index (κ2) is 7.50. The minimum atomic E-state index is -0.843. The predicted octanol–water partition coefficient (Wildman–Crippen LogP) is 2.73. The van der Waals surface area contributed by atoms with E-state index in [4.69, 9.17) is 0 Å². The molecular weight excluding hydrogens is 260 g/mol. The van der Waals surface area contributed by atoms with Crippen LogP contribution >= 0.6 is 11.3 Å². The van der Waals surface area contributed by atoms with Gasteiger partial charge in [0, 0.05) is 13.1 Å². The van der Waals surface area contributed by atoms with E-state index in [0.29, 0.717) is 18.9 Å². The fourth-order valence-electron chi connectivity index (χ4n) is 1.60. The molecule has 0 aliphatic rings. The van der Waals surface area contributed by atoms with Gasteiger partial charge < -0.3 is 15.7 Å². The first-order valence-corrected chi connectivity index (χ1v) is 7.58. The molecule has 1 heterocycles. The topological polar surface area (TPSA) is 61.4 Å². The van der Waals surface area contributed by atoms with Crippen LogP contribution in [0.25, 0.3) is 0 Å². The Balaban J connectivity index is 2.21. The van der Waals surface area contributed by atoms with E-state index in [1.54, 1.807) is 18.3 Å². The third-order valence-corrected chi connectivity index (χ3v) is 3.66. The molecule has 0 radical (unpaired) electrons. The molecule has 0 aromatic carbocycles. The van der Waals surface area contributed by atoms with Gasteiger partial charge >= 0.3 is 6.03 Å². The number of hydrogen-bond donors (Lipinski definition) is 3. The first kappa shape index (κ1) is 16.0. The molecule has 3 N–H and O–H groups in total. The highest BCUT2D eigenvalue weighted by Gasteiger charge is 2.21. The second-order valence-corrected chi connectivity index (χ2v) is 6.38. The molecule has 0 bridgehead atoms. The van der Waals surface area contributed by atoms with Crippen molar-refractivity contribution in [3.05, 3.63) is 22.4 Å². The Kier molecular flexibility index (Phi) is 6.31. The summed E-state index contributed by atoms with van der Waals surface area (Å²) < 4.78 is 0. The van der Waals surface area contributed by atoms with Crippen LogP contribution in [0.3, 0.4) is 0 Å². The van der Waals surface area contributed by atoms with Crippen LogP contribution in [-0.4, -0.2) is 23.3 Å². The van der Waals surface area contributed by atoms with Crippen LogP contribution in [0.2, 0.25) is 0 Å². The highest BCUT2D eigenvalue weighted by molar-refractivity contribution is 7.07. The van der Waals surface area contributed by atoms with Gasteiger partial charge in [-0.2, -0.15) is 11.3 Å². The van der Waals surface area contributed by atoms with Gasteiger partial charge in [-0.15, -0.1) is 0 Å². The molecule has 2 amide bonds. The van der Waals surface area contributed by atoms with E-state index in [2.05, 4.69) is 24.5 Å². The smallest absolute Gasteiger partial charge is 0.315 e. The van der Waals surface area contributed by atoms with Crippen LogP contribution < -0.4 is 10.6 Å². The molecule has 0 saturated heterocycles. The fourth-order valence-corrected chi connectivity index (χ4v) is 2.27. The lowest BCUT2D eigenvalue weighted by Crippen LogP contribution is -2.44. The number of amides is 2. The van der Waals surface area contributed by atoms with Gasteiger partial charge in [-0.3, -0.25) is 0 Å². The minimum Gasteiger partial charge on any atom is -0.388 e. The van der Waals surface area contributed by atoms with Crippen LogP contribution in [-0.2, 0) is 6.54 Å². The van der Waals surface area contributed by atoms with Crippen molar-refractivity contribution in [2.75, 3.05) is 6.54 Å². The van der Waals surface area contributed by atoms with E-state index in [1.165, 1.54) is 0 Å². The molecule has 0 fully saturated rings. The number of thiophene rings is 1. The quantitative estimate of drug-likeness (QED) is 0.721. The van der Waals surface area contributed by atoms with E-state index in [9.17, 15) is 9.90 Å². The average molecular weight is 284 g/mol. The van der Waals surface area contributed by atoms with Gasteiger partial charge in [0.1, 0.15) is 0 Å². The van der Waals surface area contributed by atoms with Crippen molar-refractivity contribution in [1.29, 1.82) is 0 Å². The lowest BCUT2D eigenvalue weighted by molar-refractivity contribution is 0.0476. The van der Waals surface area contributed by atoms with E-state index in [0.717, 1.165) is 12.0 Å². The summed E-state index contributed by atoms with van der Waals surface area (Å²) in [6.07, 6.45) is 1.64. The molecule has 1 unspecified atom stereocenters. The summed E-state index contributed by atoms with van der Waals surface area (Å²) in [7, 11) is 0. The van der Waals surface area contributed by atoms with E-state index < -0.39 is 5.60 Å². The van der Waals surface area contributed by atoms with Gasteiger partial charge in [0.25, 0.3) is 0 Å². The first-order valence-electron chi connectivity index (χ1n) is 6.64. The van der Waals surface area contributed by atoms with Gasteiger partial charge in [-0.1, -0.05) is 13.8 Å².